The van der Waals surface area contributed by atoms with Crippen LogP contribution in [0.4, 0.5) is 0 Å². The Morgan fingerprint density at radius 1 is 1.33 bits per heavy atom. The molecule has 0 aromatic heterocycles. The van der Waals surface area contributed by atoms with E-state index in [4.69, 9.17) is 21.1 Å². The number of rotatable bonds is 2. The zero-order chi connectivity index (χ0) is 12.8. The van der Waals surface area contributed by atoms with Crippen molar-refractivity contribution >= 4 is 11.6 Å². The second-order valence-electron chi connectivity index (χ2n) is 4.87. The summed E-state index contributed by atoms with van der Waals surface area (Å²) in [5.74, 6) is 0. The van der Waals surface area contributed by atoms with Gasteiger partial charge in [-0.2, -0.15) is 0 Å². The minimum atomic E-state index is -1.31. The Balaban J connectivity index is 1.88. The molecule has 2 aliphatic heterocycles. The van der Waals surface area contributed by atoms with Crippen LogP contribution in [-0.4, -0.2) is 46.3 Å². The number of alkyl halides is 1. The minimum Gasteiger partial charge on any atom is -0.386 e. The highest BCUT2D eigenvalue weighted by Gasteiger charge is 2.58. The van der Waals surface area contributed by atoms with Crippen molar-refractivity contribution in [2.75, 3.05) is 6.61 Å². The monoisotopic (exact) mass is 270 g/mol. The topological polar surface area (TPSA) is 58.9 Å². The van der Waals surface area contributed by atoms with Crippen molar-refractivity contribution in [3.05, 3.63) is 35.9 Å². The van der Waals surface area contributed by atoms with Crippen LogP contribution in [0.15, 0.2) is 30.3 Å². The first-order valence-electron chi connectivity index (χ1n) is 5.97. The SMILES string of the molecule is O[C@@H]1[C@@H]2OC[C@@H](O2)[C@](O)(Cc2ccccc2)[C@@H]1Cl. The Hall–Kier alpha value is -0.650. The molecule has 4 nitrogen and oxygen atoms in total. The second kappa shape index (κ2) is 4.47. The van der Waals surface area contributed by atoms with Gasteiger partial charge in [0.2, 0.25) is 0 Å². The Morgan fingerprint density at radius 2 is 2.06 bits per heavy atom. The summed E-state index contributed by atoms with van der Waals surface area (Å²) < 4.78 is 10.7. The molecule has 0 radical (unpaired) electrons. The van der Waals surface area contributed by atoms with Crippen LogP contribution in [0.25, 0.3) is 0 Å². The van der Waals surface area contributed by atoms with Crippen LogP contribution < -0.4 is 0 Å². The van der Waals surface area contributed by atoms with Gasteiger partial charge in [0.1, 0.15) is 17.8 Å². The van der Waals surface area contributed by atoms with E-state index in [1.807, 2.05) is 30.3 Å². The second-order valence-corrected chi connectivity index (χ2v) is 5.34. The smallest absolute Gasteiger partial charge is 0.185 e. The van der Waals surface area contributed by atoms with Crippen LogP contribution in [0.1, 0.15) is 5.56 Å². The molecule has 0 amide bonds. The van der Waals surface area contributed by atoms with Gasteiger partial charge in [-0.05, 0) is 5.56 Å². The van der Waals surface area contributed by atoms with Gasteiger partial charge in [-0.1, -0.05) is 30.3 Å². The van der Waals surface area contributed by atoms with Crippen molar-refractivity contribution in [1.82, 2.24) is 0 Å². The third kappa shape index (κ3) is 1.85. The molecule has 3 rings (SSSR count). The lowest BCUT2D eigenvalue weighted by Gasteiger charge is -2.42. The molecule has 18 heavy (non-hydrogen) atoms. The van der Waals surface area contributed by atoms with Gasteiger partial charge in [0.05, 0.1) is 12.0 Å². The fourth-order valence-corrected chi connectivity index (χ4v) is 2.95. The van der Waals surface area contributed by atoms with E-state index in [-0.39, 0.29) is 6.61 Å². The third-order valence-corrected chi connectivity index (χ3v) is 4.29. The molecule has 0 aliphatic carbocycles. The van der Waals surface area contributed by atoms with E-state index in [0.29, 0.717) is 6.42 Å². The van der Waals surface area contributed by atoms with Gasteiger partial charge in [0, 0.05) is 6.42 Å². The standard InChI is InChI=1S/C13H15ClO4/c14-11-10(15)12-17-7-9(18-12)13(11,16)6-8-4-2-1-3-5-8/h1-5,9-12,15-16H,6-7H2/t9-,10+,11-,12-,13-/m1/s1. The number of fused-ring (bicyclic) bond motifs is 2. The van der Waals surface area contributed by atoms with Gasteiger partial charge >= 0.3 is 0 Å². The Bertz CT molecular complexity index is 426. The summed E-state index contributed by atoms with van der Waals surface area (Å²) in [5, 5.41) is 19.9. The van der Waals surface area contributed by atoms with Crippen LogP contribution in [0.5, 0.6) is 0 Å². The van der Waals surface area contributed by atoms with Gasteiger partial charge in [0.25, 0.3) is 0 Å². The van der Waals surface area contributed by atoms with Crippen LogP contribution in [0.3, 0.4) is 0 Å². The van der Waals surface area contributed by atoms with E-state index >= 15 is 0 Å². The molecule has 2 bridgehead atoms. The molecule has 0 spiro atoms. The molecule has 1 aromatic rings. The first-order valence-corrected chi connectivity index (χ1v) is 6.40. The van der Waals surface area contributed by atoms with Crippen molar-refractivity contribution in [1.29, 1.82) is 0 Å². The average molecular weight is 271 g/mol. The largest absolute Gasteiger partial charge is 0.386 e. The quantitative estimate of drug-likeness (QED) is 0.776. The van der Waals surface area contributed by atoms with Crippen molar-refractivity contribution in [3.63, 3.8) is 0 Å². The van der Waals surface area contributed by atoms with E-state index in [1.54, 1.807) is 0 Å². The number of hydrogen-bond donors (Lipinski definition) is 2. The number of aliphatic hydroxyl groups is 2. The van der Waals surface area contributed by atoms with Gasteiger partial charge in [-0.25, -0.2) is 0 Å². The summed E-state index contributed by atoms with van der Waals surface area (Å²) in [6, 6.07) is 9.53. The van der Waals surface area contributed by atoms with E-state index in [2.05, 4.69) is 0 Å². The average Bonchev–Trinajstić information content (AvgIpc) is 2.84. The van der Waals surface area contributed by atoms with Crippen molar-refractivity contribution in [2.24, 2.45) is 0 Å². The number of ether oxygens (including phenoxy) is 2. The van der Waals surface area contributed by atoms with Crippen molar-refractivity contribution < 1.29 is 19.7 Å². The lowest BCUT2D eigenvalue weighted by atomic mass is 9.82. The van der Waals surface area contributed by atoms with E-state index in [9.17, 15) is 10.2 Å². The molecule has 2 fully saturated rings. The summed E-state index contributed by atoms with van der Waals surface area (Å²) in [6.45, 7) is 0.258. The maximum Gasteiger partial charge on any atom is 0.185 e. The third-order valence-electron chi connectivity index (χ3n) is 3.65. The molecule has 2 saturated heterocycles. The Labute approximate surface area is 110 Å². The number of hydrogen-bond acceptors (Lipinski definition) is 4. The van der Waals surface area contributed by atoms with Gasteiger partial charge in [-0.3, -0.25) is 0 Å². The molecule has 0 unspecified atom stereocenters. The van der Waals surface area contributed by atoms with Crippen LogP contribution in [0.2, 0.25) is 0 Å². The molecule has 2 aliphatic rings. The molecule has 5 heteroatoms. The molecule has 2 heterocycles. The highest BCUT2D eigenvalue weighted by molar-refractivity contribution is 6.22. The summed E-state index contributed by atoms with van der Waals surface area (Å²) in [7, 11) is 0. The molecular weight excluding hydrogens is 256 g/mol. The minimum absolute atomic E-state index is 0.258. The van der Waals surface area contributed by atoms with Crippen LogP contribution in [-0.2, 0) is 15.9 Å². The molecule has 98 valence electrons. The van der Waals surface area contributed by atoms with E-state index in [1.165, 1.54) is 0 Å². The zero-order valence-electron chi connectivity index (χ0n) is 9.70. The lowest BCUT2D eigenvalue weighted by molar-refractivity contribution is -0.210. The lowest BCUT2D eigenvalue weighted by Crippen LogP contribution is -2.62. The summed E-state index contributed by atoms with van der Waals surface area (Å²) in [5.41, 5.74) is -0.359. The van der Waals surface area contributed by atoms with Gasteiger partial charge < -0.3 is 19.7 Å². The number of aliphatic hydroxyl groups excluding tert-OH is 1. The summed E-state index contributed by atoms with van der Waals surface area (Å²) in [6.07, 6.45) is -1.89. The molecule has 0 saturated carbocycles. The first kappa shape index (κ1) is 12.4. The fourth-order valence-electron chi connectivity index (χ4n) is 2.61. The molecule has 1 aromatic carbocycles. The summed E-state index contributed by atoms with van der Waals surface area (Å²) in [4.78, 5) is 0. The predicted molar refractivity (Wildman–Crippen MR) is 65.4 cm³/mol. The fraction of sp³-hybridized carbons (Fsp3) is 0.538. The maximum absolute atomic E-state index is 10.8. The zero-order valence-corrected chi connectivity index (χ0v) is 10.5. The van der Waals surface area contributed by atoms with Crippen LogP contribution in [0, 0.1) is 0 Å². The van der Waals surface area contributed by atoms with Gasteiger partial charge in [-0.15, -0.1) is 11.6 Å². The summed E-state index contributed by atoms with van der Waals surface area (Å²) >= 11 is 6.19. The highest BCUT2D eigenvalue weighted by atomic mass is 35.5. The Morgan fingerprint density at radius 3 is 2.78 bits per heavy atom. The van der Waals surface area contributed by atoms with Crippen molar-refractivity contribution in [3.8, 4) is 0 Å². The normalized spacial score (nSPS) is 43.1. The first-order chi connectivity index (χ1) is 8.61. The Kier molecular flexibility index (Phi) is 3.08. The van der Waals surface area contributed by atoms with E-state index < -0.39 is 29.5 Å². The predicted octanol–water partition coefficient (Wildman–Crippen LogP) is 0.684. The number of halogens is 1. The molecule has 2 N–H and O–H groups in total. The highest BCUT2D eigenvalue weighted by Crippen LogP contribution is 2.40. The molecule has 5 atom stereocenters. The maximum atomic E-state index is 10.8. The van der Waals surface area contributed by atoms with Gasteiger partial charge in [0.15, 0.2) is 6.29 Å². The number of benzene rings is 1. The molecular formula is C13H15ClO4. The van der Waals surface area contributed by atoms with Crippen molar-refractivity contribution in [2.45, 2.75) is 35.9 Å². The van der Waals surface area contributed by atoms with E-state index in [0.717, 1.165) is 5.56 Å². The van der Waals surface area contributed by atoms with Crippen LogP contribution >= 0.6 is 11.6 Å².